The molecule has 1 rings (SSSR count). The molecule has 0 amide bonds. The van der Waals surface area contributed by atoms with Crippen LogP contribution in [0.15, 0.2) is 24.3 Å². The fourth-order valence-electron chi connectivity index (χ4n) is 2.52. The SMILES string of the molecule is CCN(C(C)CC(=O)O)C(C)Cc1ccc(O)cc1. The minimum atomic E-state index is -0.761. The van der Waals surface area contributed by atoms with E-state index in [4.69, 9.17) is 5.11 Å². The van der Waals surface area contributed by atoms with Crippen LogP contribution >= 0.6 is 0 Å². The van der Waals surface area contributed by atoms with Crippen molar-refractivity contribution in [1.82, 2.24) is 4.90 Å². The fraction of sp³-hybridized carbons (Fsp3) is 0.533. The van der Waals surface area contributed by atoms with Crippen LogP contribution in [0.3, 0.4) is 0 Å². The zero-order chi connectivity index (χ0) is 14.4. The third kappa shape index (κ3) is 4.91. The molecule has 2 atom stereocenters. The summed E-state index contributed by atoms with van der Waals surface area (Å²) in [5, 5.41) is 18.1. The van der Waals surface area contributed by atoms with Gasteiger partial charge in [-0.3, -0.25) is 9.69 Å². The van der Waals surface area contributed by atoms with E-state index < -0.39 is 5.97 Å². The average Bonchev–Trinajstić information content (AvgIpc) is 2.32. The molecule has 0 spiro atoms. The van der Waals surface area contributed by atoms with Gasteiger partial charge >= 0.3 is 5.97 Å². The number of aromatic hydroxyl groups is 1. The van der Waals surface area contributed by atoms with E-state index in [1.807, 2.05) is 26.0 Å². The van der Waals surface area contributed by atoms with Crippen molar-refractivity contribution in [3.05, 3.63) is 29.8 Å². The highest BCUT2D eigenvalue weighted by atomic mass is 16.4. The molecule has 0 saturated heterocycles. The van der Waals surface area contributed by atoms with Crippen molar-refractivity contribution < 1.29 is 15.0 Å². The lowest BCUT2D eigenvalue weighted by Crippen LogP contribution is -2.42. The first-order chi connectivity index (χ1) is 8.93. The van der Waals surface area contributed by atoms with E-state index in [9.17, 15) is 9.90 Å². The summed E-state index contributed by atoms with van der Waals surface area (Å²) in [5.41, 5.74) is 1.14. The van der Waals surface area contributed by atoms with Crippen molar-refractivity contribution in [3.63, 3.8) is 0 Å². The van der Waals surface area contributed by atoms with Crippen LogP contribution in [-0.2, 0) is 11.2 Å². The third-order valence-electron chi connectivity index (χ3n) is 3.43. The van der Waals surface area contributed by atoms with Crippen LogP contribution in [0.2, 0.25) is 0 Å². The van der Waals surface area contributed by atoms with Crippen LogP contribution in [-0.4, -0.2) is 39.7 Å². The molecule has 2 N–H and O–H groups in total. The van der Waals surface area contributed by atoms with Gasteiger partial charge in [0.25, 0.3) is 0 Å². The molecule has 106 valence electrons. The number of hydrogen-bond acceptors (Lipinski definition) is 3. The van der Waals surface area contributed by atoms with Crippen LogP contribution in [0.1, 0.15) is 32.8 Å². The molecule has 0 bridgehead atoms. The van der Waals surface area contributed by atoms with E-state index in [0.29, 0.717) is 0 Å². The van der Waals surface area contributed by atoms with Crippen LogP contribution in [0.25, 0.3) is 0 Å². The molecule has 0 heterocycles. The standard InChI is InChI=1S/C15H23NO3/c1-4-16(12(3)10-15(18)19)11(2)9-13-5-7-14(17)8-6-13/h5-8,11-12,17H,4,9-10H2,1-3H3,(H,18,19). The van der Waals surface area contributed by atoms with Gasteiger partial charge < -0.3 is 10.2 Å². The number of nitrogens with zero attached hydrogens (tertiary/aromatic N) is 1. The Hall–Kier alpha value is -1.55. The predicted octanol–water partition coefficient (Wildman–Crippen LogP) is 2.51. The van der Waals surface area contributed by atoms with E-state index in [1.54, 1.807) is 12.1 Å². The quantitative estimate of drug-likeness (QED) is 0.795. The average molecular weight is 265 g/mol. The maximum absolute atomic E-state index is 10.8. The number of phenolic OH excluding ortho intramolecular Hbond substituents is 1. The fourth-order valence-corrected chi connectivity index (χ4v) is 2.52. The van der Waals surface area contributed by atoms with Gasteiger partial charge in [-0.2, -0.15) is 0 Å². The van der Waals surface area contributed by atoms with Crippen molar-refractivity contribution in [2.24, 2.45) is 0 Å². The number of carboxylic acids is 1. The maximum atomic E-state index is 10.8. The highest BCUT2D eigenvalue weighted by molar-refractivity contribution is 5.67. The van der Waals surface area contributed by atoms with Crippen molar-refractivity contribution >= 4 is 5.97 Å². The van der Waals surface area contributed by atoms with E-state index in [2.05, 4.69) is 11.8 Å². The normalized spacial score (nSPS) is 14.3. The molecule has 2 unspecified atom stereocenters. The lowest BCUT2D eigenvalue weighted by Gasteiger charge is -2.33. The van der Waals surface area contributed by atoms with Crippen LogP contribution < -0.4 is 0 Å². The molecule has 0 fully saturated rings. The van der Waals surface area contributed by atoms with Gasteiger partial charge in [0.1, 0.15) is 5.75 Å². The van der Waals surface area contributed by atoms with Gasteiger partial charge in [0, 0.05) is 12.1 Å². The smallest absolute Gasteiger partial charge is 0.304 e. The van der Waals surface area contributed by atoms with Gasteiger partial charge in [0.2, 0.25) is 0 Å². The monoisotopic (exact) mass is 265 g/mol. The van der Waals surface area contributed by atoms with Crippen molar-refractivity contribution in [2.75, 3.05) is 6.54 Å². The second-order valence-electron chi connectivity index (χ2n) is 5.00. The summed E-state index contributed by atoms with van der Waals surface area (Å²) in [5.74, 6) is -0.495. The molecular weight excluding hydrogens is 242 g/mol. The summed E-state index contributed by atoms with van der Waals surface area (Å²) in [6.07, 6.45) is 1.01. The summed E-state index contributed by atoms with van der Waals surface area (Å²) in [4.78, 5) is 13.0. The topological polar surface area (TPSA) is 60.8 Å². The molecule has 1 aromatic rings. The van der Waals surface area contributed by atoms with E-state index in [0.717, 1.165) is 18.5 Å². The number of hydrogen-bond donors (Lipinski definition) is 2. The summed E-state index contributed by atoms with van der Waals surface area (Å²) in [7, 11) is 0. The zero-order valence-electron chi connectivity index (χ0n) is 11.8. The van der Waals surface area contributed by atoms with Crippen molar-refractivity contribution in [3.8, 4) is 5.75 Å². The lowest BCUT2D eigenvalue weighted by molar-refractivity contribution is -0.138. The molecular formula is C15H23NO3. The minimum absolute atomic E-state index is 0.0228. The number of aliphatic carboxylic acids is 1. The predicted molar refractivity (Wildman–Crippen MR) is 75.4 cm³/mol. The van der Waals surface area contributed by atoms with Crippen LogP contribution in [0.4, 0.5) is 0 Å². The third-order valence-corrected chi connectivity index (χ3v) is 3.43. The summed E-state index contributed by atoms with van der Waals surface area (Å²) in [6, 6.07) is 7.46. The lowest BCUT2D eigenvalue weighted by atomic mass is 10.0. The number of carbonyl (C=O) groups is 1. The molecule has 4 nitrogen and oxygen atoms in total. The highest BCUT2D eigenvalue weighted by Crippen LogP contribution is 2.16. The van der Waals surface area contributed by atoms with Crippen molar-refractivity contribution in [1.29, 1.82) is 0 Å². The molecule has 4 heteroatoms. The number of benzene rings is 1. The first-order valence-electron chi connectivity index (χ1n) is 6.69. The second-order valence-corrected chi connectivity index (χ2v) is 5.00. The van der Waals surface area contributed by atoms with Crippen LogP contribution in [0.5, 0.6) is 5.75 Å². The van der Waals surface area contributed by atoms with Gasteiger partial charge in [0.15, 0.2) is 0 Å². The Morgan fingerprint density at radius 3 is 2.26 bits per heavy atom. The summed E-state index contributed by atoms with van der Waals surface area (Å²) >= 11 is 0. The van der Waals surface area contributed by atoms with Gasteiger partial charge in [-0.25, -0.2) is 0 Å². The van der Waals surface area contributed by atoms with E-state index in [1.165, 1.54) is 0 Å². The van der Waals surface area contributed by atoms with E-state index >= 15 is 0 Å². The Morgan fingerprint density at radius 2 is 1.79 bits per heavy atom. The zero-order valence-corrected chi connectivity index (χ0v) is 11.8. The molecule has 0 aliphatic carbocycles. The van der Waals surface area contributed by atoms with Gasteiger partial charge in [-0.05, 0) is 44.5 Å². The minimum Gasteiger partial charge on any atom is -0.508 e. The largest absolute Gasteiger partial charge is 0.508 e. The molecule has 0 aromatic heterocycles. The number of carboxylic acid groups (broad SMARTS) is 1. The Morgan fingerprint density at radius 1 is 1.21 bits per heavy atom. The first kappa shape index (κ1) is 15.5. The number of likely N-dealkylation sites (N-methyl/N-ethyl adjacent to an activating group) is 1. The van der Waals surface area contributed by atoms with Gasteiger partial charge in [0.05, 0.1) is 6.42 Å². The Balaban J connectivity index is 2.65. The molecule has 0 aliphatic heterocycles. The van der Waals surface area contributed by atoms with Gasteiger partial charge in [-0.15, -0.1) is 0 Å². The Kier molecular flexibility index (Phi) is 5.83. The Labute approximate surface area is 114 Å². The molecule has 19 heavy (non-hydrogen) atoms. The molecule has 0 radical (unpaired) electrons. The molecule has 0 saturated carbocycles. The highest BCUT2D eigenvalue weighted by Gasteiger charge is 2.20. The number of phenols is 1. The second kappa shape index (κ2) is 7.14. The Bertz CT molecular complexity index is 402. The van der Waals surface area contributed by atoms with Gasteiger partial charge in [-0.1, -0.05) is 19.1 Å². The summed E-state index contributed by atoms with van der Waals surface area (Å²) < 4.78 is 0. The number of rotatable bonds is 7. The molecule has 0 aliphatic rings. The summed E-state index contributed by atoms with van der Waals surface area (Å²) in [6.45, 7) is 6.93. The van der Waals surface area contributed by atoms with Crippen LogP contribution in [0, 0.1) is 0 Å². The van der Waals surface area contributed by atoms with Crippen molar-refractivity contribution in [2.45, 2.75) is 45.7 Å². The van der Waals surface area contributed by atoms with E-state index in [-0.39, 0.29) is 24.3 Å². The first-order valence-corrected chi connectivity index (χ1v) is 6.69. The molecule has 1 aromatic carbocycles. The maximum Gasteiger partial charge on any atom is 0.304 e.